The third kappa shape index (κ3) is 6.64. The molecular formula is C28H25F3N8O4S. The highest BCUT2D eigenvalue weighted by atomic mass is 32.1. The van der Waals surface area contributed by atoms with E-state index in [1.165, 1.54) is 18.2 Å². The molecule has 0 saturated carbocycles. The van der Waals surface area contributed by atoms with Crippen LogP contribution in [0.5, 0.6) is 11.8 Å². The van der Waals surface area contributed by atoms with Gasteiger partial charge >= 0.3 is 12.4 Å². The molecule has 0 unspecified atom stereocenters. The van der Waals surface area contributed by atoms with E-state index in [1.807, 2.05) is 0 Å². The smallest absolute Gasteiger partial charge is 0.460 e. The molecule has 44 heavy (non-hydrogen) atoms. The number of likely N-dealkylation sites (tertiary alicyclic amines) is 1. The van der Waals surface area contributed by atoms with Crippen LogP contribution in [0.25, 0.3) is 21.3 Å². The Morgan fingerprint density at radius 3 is 2.57 bits per heavy atom. The number of fused-ring (bicyclic) bond motifs is 2. The molecule has 6 rings (SSSR count). The van der Waals surface area contributed by atoms with Crippen LogP contribution in [0.15, 0.2) is 54.9 Å². The fourth-order valence-electron chi connectivity index (χ4n) is 4.79. The van der Waals surface area contributed by atoms with Crippen LogP contribution in [0.3, 0.4) is 0 Å². The topological polar surface area (TPSA) is 136 Å². The van der Waals surface area contributed by atoms with Crippen molar-refractivity contribution in [2.45, 2.75) is 25.3 Å². The van der Waals surface area contributed by atoms with Crippen molar-refractivity contribution < 1.29 is 32.2 Å². The summed E-state index contributed by atoms with van der Waals surface area (Å²) in [6, 6.07) is 10.9. The van der Waals surface area contributed by atoms with E-state index in [2.05, 4.69) is 35.3 Å². The summed E-state index contributed by atoms with van der Waals surface area (Å²) in [5.41, 5.74) is 2.09. The zero-order valence-corrected chi connectivity index (χ0v) is 24.0. The predicted octanol–water partition coefficient (Wildman–Crippen LogP) is 4.42. The highest BCUT2D eigenvalue weighted by molar-refractivity contribution is 7.22. The van der Waals surface area contributed by atoms with Gasteiger partial charge in [-0.2, -0.15) is 0 Å². The summed E-state index contributed by atoms with van der Waals surface area (Å²) in [4.78, 5) is 44.4. The summed E-state index contributed by atoms with van der Waals surface area (Å²) >= 11 is 1.14. The van der Waals surface area contributed by atoms with E-state index < -0.39 is 12.3 Å². The first-order valence-electron chi connectivity index (χ1n) is 13.5. The first-order valence-corrected chi connectivity index (χ1v) is 14.3. The quantitative estimate of drug-likeness (QED) is 0.257. The zero-order valence-electron chi connectivity index (χ0n) is 23.2. The Bertz CT molecular complexity index is 1820. The predicted molar refractivity (Wildman–Crippen MR) is 155 cm³/mol. The molecule has 1 aliphatic rings. The Labute approximate surface area is 251 Å². The zero-order chi connectivity index (χ0) is 30.8. The number of piperidine rings is 1. The standard InChI is InChI=1S/C28H25F3N8O4S/c1-38-21-6-3-16(24(41)34-15-23(40)39-11-7-17(8-12-39)42-26-32-9-2-10-33-26)13-20(21)35-25(38)37-27-36-19-5-4-18(14-22(19)44-27)43-28(29,30)31/h2-6,9-10,13-14,17H,7-8,11-12,15H2,1H3,(H,34,41)(H,35,36,37). The molecule has 16 heteroatoms. The molecule has 1 saturated heterocycles. The average molecular weight is 627 g/mol. The van der Waals surface area contributed by atoms with Gasteiger partial charge in [0.25, 0.3) is 5.91 Å². The minimum absolute atomic E-state index is 0.0825. The monoisotopic (exact) mass is 626 g/mol. The second kappa shape index (κ2) is 11.9. The molecule has 0 spiro atoms. The number of aromatic nitrogens is 5. The molecule has 0 atom stereocenters. The van der Waals surface area contributed by atoms with Crippen molar-refractivity contribution in [2.75, 3.05) is 25.0 Å². The van der Waals surface area contributed by atoms with Gasteiger partial charge in [0, 0.05) is 57.0 Å². The third-order valence-corrected chi connectivity index (χ3v) is 7.90. The molecule has 2 N–H and O–H groups in total. The van der Waals surface area contributed by atoms with Crippen molar-refractivity contribution in [2.24, 2.45) is 7.05 Å². The number of benzene rings is 2. The summed E-state index contributed by atoms with van der Waals surface area (Å²) in [6.45, 7) is 0.852. The van der Waals surface area contributed by atoms with Gasteiger partial charge in [-0.1, -0.05) is 11.3 Å². The fourth-order valence-corrected chi connectivity index (χ4v) is 5.68. The van der Waals surface area contributed by atoms with Gasteiger partial charge in [-0.05, 0) is 36.4 Å². The van der Waals surface area contributed by atoms with Crippen molar-refractivity contribution in [3.05, 3.63) is 60.4 Å². The number of anilines is 2. The lowest BCUT2D eigenvalue weighted by molar-refractivity contribution is -0.274. The van der Waals surface area contributed by atoms with E-state index in [0.717, 1.165) is 16.9 Å². The van der Waals surface area contributed by atoms with Crippen molar-refractivity contribution in [1.82, 2.24) is 34.7 Å². The van der Waals surface area contributed by atoms with Crippen molar-refractivity contribution in [3.63, 3.8) is 0 Å². The first kappa shape index (κ1) is 29.1. The number of hydrogen-bond donors (Lipinski definition) is 2. The maximum atomic E-state index is 12.9. The number of alkyl halides is 3. The molecule has 2 aromatic carbocycles. The molecule has 2 amide bonds. The second-order valence-electron chi connectivity index (χ2n) is 9.93. The molecule has 4 heterocycles. The van der Waals surface area contributed by atoms with E-state index in [-0.39, 0.29) is 24.3 Å². The number of halogens is 3. The van der Waals surface area contributed by atoms with Crippen LogP contribution in [-0.2, 0) is 11.8 Å². The molecule has 0 bridgehead atoms. The molecular weight excluding hydrogens is 601 g/mol. The van der Waals surface area contributed by atoms with Crippen molar-refractivity contribution >= 4 is 55.5 Å². The van der Waals surface area contributed by atoms with Crippen LogP contribution in [0.2, 0.25) is 0 Å². The van der Waals surface area contributed by atoms with Crippen molar-refractivity contribution in [3.8, 4) is 11.8 Å². The van der Waals surface area contributed by atoms with E-state index >= 15 is 0 Å². The molecule has 1 fully saturated rings. The van der Waals surface area contributed by atoms with E-state index in [0.29, 0.717) is 64.3 Å². The van der Waals surface area contributed by atoms with Gasteiger partial charge in [-0.3, -0.25) is 9.59 Å². The molecule has 12 nitrogen and oxygen atoms in total. The van der Waals surface area contributed by atoms with E-state index in [1.54, 1.807) is 53.2 Å². The summed E-state index contributed by atoms with van der Waals surface area (Å²) in [5, 5.41) is 6.20. The van der Waals surface area contributed by atoms with E-state index in [4.69, 9.17) is 4.74 Å². The number of ether oxygens (including phenoxy) is 2. The van der Waals surface area contributed by atoms with Crippen LogP contribution in [0, 0.1) is 0 Å². The number of nitrogens with one attached hydrogen (secondary N) is 2. The number of amides is 2. The van der Waals surface area contributed by atoms with Crippen LogP contribution < -0.4 is 20.1 Å². The molecule has 5 aromatic rings. The normalized spacial score (nSPS) is 14.1. The highest BCUT2D eigenvalue weighted by Gasteiger charge is 2.31. The summed E-state index contributed by atoms with van der Waals surface area (Å²) < 4.78 is 49.8. The Kier molecular flexibility index (Phi) is 7.90. The highest BCUT2D eigenvalue weighted by Crippen LogP contribution is 2.33. The summed E-state index contributed by atoms with van der Waals surface area (Å²) in [7, 11) is 1.78. The third-order valence-electron chi connectivity index (χ3n) is 6.96. The number of rotatable bonds is 8. The number of carbonyl (C=O) groups excluding carboxylic acids is 2. The van der Waals surface area contributed by atoms with Crippen LogP contribution in [0.4, 0.5) is 24.3 Å². The first-order chi connectivity index (χ1) is 21.1. The van der Waals surface area contributed by atoms with Crippen LogP contribution in [0.1, 0.15) is 23.2 Å². The Balaban J connectivity index is 1.05. The maximum Gasteiger partial charge on any atom is 0.573 e. The minimum Gasteiger partial charge on any atom is -0.460 e. The number of hydrogen-bond acceptors (Lipinski definition) is 10. The number of imidazole rings is 1. The molecule has 228 valence electrons. The second-order valence-corrected chi connectivity index (χ2v) is 11.0. The summed E-state index contributed by atoms with van der Waals surface area (Å²) in [6.07, 6.45) is -0.388. The van der Waals surface area contributed by atoms with Gasteiger partial charge in [0.15, 0.2) is 5.13 Å². The lowest BCUT2D eigenvalue weighted by Gasteiger charge is -2.31. The number of thiazole rings is 1. The van der Waals surface area contributed by atoms with Gasteiger partial charge in [-0.25, -0.2) is 19.9 Å². The van der Waals surface area contributed by atoms with Crippen molar-refractivity contribution in [1.29, 1.82) is 0 Å². The van der Waals surface area contributed by atoms with Crippen LogP contribution in [-0.4, -0.2) is 73.3 Å². The van der Waals surface area contributed by atoms with Crippen LogP contribution >= 0.6 is 11.3 Å². The lowest BCUT2D eigenvalue weighted by atomic mass is 10.1. The maximum absolute atomic E-state index is 12.9. The van der Waals surface area contributed by atoms with Gasteiger partial charge in [0.2, 0.25) is 11.9 Å². The molecule has 3 aromatic heterocycles. The lowest BCUT2D eigenvalue weighted by Crippen LogP contribution is -2.46. The SMILES string of the molecule is Cn1c(Nc2nc3ccc(OC(F)(F)F)cc3s2)nc2cc(C(=O)NCC(=O)N3CCC(Oc4ncccn4)CC3)ccc21. The number of carbonyl (C=O) groups is 2. The Morgan fingerprint density at radius 1 is 1.05 bits per heavy atom. The number of nitrogens with zero attached hydrogens (tertiary/aromatic N) is 6. The largest absolute Gasteiger partial charge is 0.573 e. The number of aryl methyl sites for hydroxylation is 1. The Hall–Kier alpha value is -4.99. The van der Waals surface area contributed by atoms with Gasteiger partial charge in [0.05, 0.1) is 27.8 Å². The minimum atomic E-state index is -4.79. The Morgan fingerprint density at radius 2 is 1.82 bits per heavy atom. The fraction of sp³-hybridized carbons (Fsp3) is 0.286. The average Bonchev–Trinajstić information content (AvgIpc) is 3.54. The molecule has 1 aliphatic heterocycles. The summed E-state index contributed by atoms with van der Waals surface area (Å²) in [5.74, 6) is -0.511. The molecule has 0 aliphatic carbocycles. The van der Waals surface area contributed by atoms with Gasteiger partial charge in [-0.15, -0.1) is 13.2 Å². The van der Waals surface area contributed by atoms with E-state index in [9.17, 15) is 22.8 Å². The van der Waals surface area contributed by atoms with Gasteiger partial charge in [0.1, 0.15) is 11.9 Å². The van der Waals surface area contributed by atoms with Gasteiger partial charge < -0.3 is 29.6 Å². The molecule has 0 radical (unpaired) electrons.